The lowest BCUT2D eigenvalue weighted by Gasteiger charge is -2.43. The van der Waals surface area contributed by atoms with E-state index < -0.39 is 55.4 Å². The maximum Gasteiger partial charge on any atom is 0.328 e. The van der Waals surface area contributed by atoms with Gasteiger partial charge in [-0.1, -0.05) is 109 Å². The Hall–Kier alpha value is -3.52. The zero-order valence-corrected chi connectivity index (χ0v) is 40.2. The van der Waals surface area contributed by atoms with Crippen molar-refractivity contribution in [2.75, 3.05) is 26.5 Å². The van der Waals surface area contributed by atoms with Gasteiger partial charge in [0.05, 0.1) is 22.6 Å². The van der Waals surface area contributed by atoms with Crippen molar-refractivity contribution in [3.63, 3.8) is 0 Å². The Balaban J connectivity index is 1.70. The molecule has 332 valence electrons. The molecule has 60 heavy (non-hydrogen) atoms. The number of esters is 1. The fourth-order valence-electron chi connectivity index (χ4n) is 8.93. The highest BCUT2D eigenvalue weighted by Crippen LogP contribution is 2.38. The third-order valence-electron chi connectivity index (χ3n) is 12.5. The lowest BCUT2D eigenvalue weighted by Crippen LogP contribution is -2.66. The predicted molar refractivity (Wildman–Crippen MR) is 245 cm³/mol. The molecule has 0 spiro atoms. The monoisotopic (exact) mass is 864 g/mol. The second kappa shape index (κ2) is 20.6. The SMILES string of the molecule is CCC[C@@H](CC[C@@H](C)[C@@H]1OC(=O)[C@H](C)NC(=O)[C@H]([C@@H](C)CCO[Si](c2ccccc2)(c2ccccc2)C(C)(C)C)N(C)C(=O)[C@]2(C)CSC(=N2)[C@H](C)NC(=O)C1(C)C)OC. The fourth-order valence-corrected chi connectivity index (χ4v) is 14.7. The van der Waals surface area contributed by atoms with Gasteiger partial charge in [0.15, 0.2) is 0 Å². The first-order valence-corrected chi connectivity index (χ1v) is 24.6. The molecule has 2 aromatic rings. The molecule has 0 aromatic heterocycles. The number of hydrogen-bond acceptors (Lipinski definition) is 9. The number of aliphatic imine (C=N–C) groups is 1. The fraction of sp³-hybridized carbons (Fsp3) is 0.638. The molecule has 0 fully saturated rings. The van der Waals surface area contributed by atoms with Crippen LogP contribution in [-0.2, 0) is 33.1 Å². The summed E-state index contributed by atoms with van der Waals surface area (Å²) in [4.78, 5) is 63.7. The summed E-state index contributed by atoms with van der Waals surface area (Å²) < 4.78 is 19.2. The number of likely N-dealkylation sites (N-methyl/N-ethyl adjacent to an activating group) is 1. The first-order valence-electron chi connectivity index (χ1n) is 21.7. The quantitative estimate of drug-likeness (QED) is 0.162. The maximum atomic E-state index is 14.6. The van der Waals surface area contributed by atoms with Gasteiger partial charge in [-0.25, -0.2) is 4.79 Å². The van der Waals surface area contributed by atoms with Crippen molar-refractivity contribution >= 4 is 59.2 Å². The molecule has 8 atom stereocenters. The van der Waals surface area contributed by atoms with Gasteiger partial charge in [0.25, 0.3) is 14.2 Å². The Morgan fingerprint density at radius 3 is 2.00 bits per heavy atom. The molecule has 0 saturated carbocycles. The number of fused-ring (bicyclic) bond motifs is 1. The van der Waals surface area contributed by atoms with E-state index in [2.05, 4.69) is 62.6 Å². The summed E-state index contributed by atoms with van der Waals surface area (Å²) in [5, 5.41) is 8.72. The Morgan fingerprint density at radius 1 is 0.883 bits per heavy atom. The number of carbonyl (C=O) groups is 4. The van der Waals surface area contributed by atoms with Crippen molar-refractivity contribution in [1.82, 2.24) is 15.5 Å². The zero-order chi connectivity index (χ0) is 44.6. The van der Waals surface area contributed by atoms with Crippen LogP contribution in [-0.4, -0.2) is 104 Å². The number of methoxy groups -OCH3 is 1. The Bertz CT molecular complexity index is 1770. The number of rotatable bonds is 14. The summed E-state index contributed by atoms with van der Waals surface area (Å²) in [5.41, 5.74) is -2.33. The van der Waals surface area contributed by atoms with Gasteiger partial charge < -0.3 is 29.4 Å². The number of ether oxygens (including phenoxy) is 2. The van der Waals surface area contributed by atoms with Gasteiger partial charge in [-0.3, -0.25) is 19.4 Å². The van der Waals surface area contributed by atoms with Crippen LogP contribution in [0.5, 0.6) is 0 Å². The van der Waals surface area contributed by atoms with Gasteiger partial charge in [0, 0.05) is 26.5 Å². The number of cyclic esters (lactones) is 1. The summed E-state index contributed by atoms with van der Waals surface area (Å²) in [6.07, 6.45) is 2.97. The van der Waals surface area contributed by atoms with E-state index in [0.717, 1.165) is 29.6 Å². The highest BCUT2D eigenvalue weighted by Gasteiger charge is 2.51. The standard InChI is InChI=1S/C47H72N4O7SSi/c1-14-21-35(56-13)27-26-32(3)39-46(9,10)43(54)49-33(4)41-50-47(11,30-59-41)44(55)51(12)38(40(52)48-34(5)42(53)58-39)31(2)28-29-57-60(45(6,7)8,36-22-17-15-18-23-36)37-24-19-16-20-25-37/h15-20,22-25,31-35,38-39H,14,21,26-30H2,1-13H3,(H,48,52)(H,49,54)/t31-,32+,33-,34-,35-,38-,39-,47-/m0/s1. The highest BCUT2D eigenvalue weighted by molar-refractivity contribution is 8.14. The van der Waals surface area contributed by atoms with Crippen molar-refractivity contribution in [3.05, 3.63) is 60.7 Å². The number of carbonyl (C=O) groups excluding carboxylic acids is 4. The largest absolute Gasteiger partial charge is 0.459 e. The predicted octanol–water partition coefficient (Wildman–Crippen LogP) is 6.51. The smallest absolute Gasteiger partial charge is 0.328 e. The molecular formula is C47H72N4O7SSi. The zero-order valence-electron chi connectivity index (χ0n) is 38.4. The van der Waals surface area contributed by atoms with E-state index in [1.54, 1.807) is 41.9 Å². The number of hydrogen-bond donors (Lipinski definition) is 2. The molecule has 2 aliphatic heterocycles. The molecule has 4 rings (SSSR count). The molecule has 0 radical (unpaired) electrons. The van der Waals surface area contributed by atoms with Crippen LogP contribution in [0.4, 0.5) is 0 Å². The average molecular weight is 865 g/mol. The topological polar surface area (TPSA) is 136 Å². The second-order valence-corrected chi connectivity index (χ2v) is 24.2. The van der Waals surface area contributed by atoms with Gasteiger partial charge >= 0.3 is 5.97 Å². The average Bonchev–Trinajstić information content (AvgIpc) is 3.62. The molecular weight excluding hydrogens is 793 g/mol. The third-order valence-corrected chi connectivity index (χ3v) is 19.0. The molecule has 2 aliphatic rings. The van der Waals surface area contributed by atoms with Crippen LogP contribution in [0, 0.1) is 17.3 Å². The van der Waals surface area contributed by atoms with Crippen molar-refractivity contribution in [3.8, 4) is 0 Å². The maximum absolute atomic E-state index is 14.6. The van der Waals surface area contributed by atoms with Crippen molar-refractivity contribution in [2.24, 2.45) is 22.2 Å². The number of nitrogens with zero attached hydrogens (tertiary/aromatic N) is 2. The summed E-state index contributed by atoms with van der Waals surface area (Å²) in [6, 6.07) is 18.3. The molecule has 2 heterocycles. The number of amides is 3. The van der Waals surface area contributed by atoms with Gasteiger partial charge in [0.1, 0.15) is 23.7 Å². The van der Waals surface area contributed by atoms with E-state index >= 15 is 0 Å². The van der Waals surface area contributed by atoms with Gasteiger partial charge in [-0.05, 0) is 87.5 Å². The number of nitrogens with one attached hydrogen (secondary N) is 2. The molecule has 3 amide bonds. The van der Waals surface area contributed by atoms with E-state index in [0.29, 0.717) is 30.2 Å². The van der Waals surface area contributed by atoms with Crippen LogP contribution < -0.4 is 21.0 Å². The third kappa shape index (κ3) is 10.9. The van der Waals surface area contributed by atoms with E-state index in [9.17, 15) is 19.2 Å². The van der Waals surface area contributed by atoms with E-state index in [4.69, 9.17) is 18.9 Å². The summed E-state index contributed by atoms with van der Waals surface area (Å²) in [7, 11) is 0.465. The summed E-state index contributed by atoms with van der Waals surface area (Å²) >= 11 is 1.43. The summed E-state index contributed by atoms with van der Waals surface area (Å²) in [6.45, 7) is 21.9. The molecule has 2 N–H and O–H groups in total. The second-order valence-electron chi connectivity index (χ2n) is 18.9. The molecule has 0 unspecified atom stereocenters. The van der Waals surface area contributed by atoms with E-state index in [1.807, 2.05) is 57.2 Å². The van der Waals surface area contributed by atoms with Crippen LogP contribution >= 0.6 is 11.8 Å². The van der Waals surface area contributed by atoms with Gasteiger partial charge in [0.2, 0.25) is 11.8 Å². The highest BCUT2D eigenvalue weighted by atomic mass is 32.2. The van der Waals surface area contributed by atoms with Gasteiger partial charge in [-0.2, -0.15) is 0 Å². The van der Waals surface area contributed by atoms with Crippen LogP contribution in [0.2, 0.25) is 5.04 Å². The van der Waals surface area contributed by atoms with Crippen LogP contribution in [0.1, 0.15) is 108 Å². The normalized spacial score (nSPS) is 26.1. The number of benzene rings is 2. The Kier molecular flexibility index (Phi) is 16.8. The molecule has 2 aromatic carbocycles. The van der Waals surface area contributed by atoms with Crippen LogP contribution in [0.25, 0.3) is 0 Å². The summed E-state index contributed by atoms with van der Waals surface area (Å²) in [5.74, 6) is -1.99. The van der Waals surface area contributed by atoms with Crippen LogP contribution in [0.3, 0.4) is 0 Å². The lowest BCUT2D eigenvalue weighted by atomic mass is 9.77. The van der Waals surface area contributed by atoms with Crippen molar-refractivity contribution in [2.45, 2.75) is 149 Å². The van der Waals surface area contributed by atoms with E-state index in [-0.39, 0.29) is 34.8 Å². The molecule has 2 bridgehead atoms. The number of thioether (sulfide) groups is 1. The first kappa shape index (κ1) is 49.1. The molecule has 0 saturated heterocycles. The minimum Gasteiger partial charge on any atom is -0.459 e. The first-order chi connectivity index (χ1) is 28.1. The lowest BCUT2D eigenvalue weighted by molar-refractivity contribution is -0.167. The van der Waals surface area contributed by atoms with Crippen molar-refractivity contribution in [1.29, 1.82) is 0 Å². The minimum absolute atomic E-state index is 0.0501. The van der Waals surface area contributed by atoms with Gasteiger partial charge in [-0.15, -0.1) is 11.8 Å². The molecule has 11 nitrogen and oxygen atoms in total. The molecule has 0 aliphatic carbocycles. The Labute approximate surface area is 365 Å². The van der Waals surface area contributed by atoms with Crippen LogP contribution in [0.15, 0.2) is 65.7 Å². The Morgan fingerprint density at radius 2 is 1.47 bits per heavy atom. The minimum atomic E-state index is -2.88. The van der Waals surface area contributed by atoms with E-state index in [1.165, 1.54) is 16.7 Å². The van der Waals surface area contributed by atoms with Crippen molar-refractivity contribution < 1.29 is 33.1 Å². The molecule has 13 heteroatoms.